The summed E-state index contributed by atoms with van der Waals surface area (Å²) in [6.07, 6.45) is 0. The average molecular weight is 347 g/mol. The van der Waals surface area contributed by atoms with Crippen LogP contribution in [-0.4, -0.2) is 12.6 Å². The molecule has 4 heteroatoms. The van der Waals surface area contributed by atoms with Gasteiger partial charge in [0, 0.05) is 5.39 Å². The molecule has 0 fully saturated rings. The number of aromatic nitrogens is 1. The first-order valence-electron chi connectivity index (χ1n) is 8.54. The van der Waals surface area contributed by atoms with Gasteiger partial charge in [0.05, 0.1) is 22.8 Å². The van der Waals surface area contributed by atoms with Gasteiger partial charge >= 0.3 is 0 Å². The highest BCUT2D eigenvalue weighted by atomic mass is 28.3. The monoisotopic (exact) mass is 347 g/mol. The lowest BCUT2D eigenvalue weighted by Gasteiger charge is -2.11. The largest absolute Gasteiger partial charge is 0.465 e. The van der Waals surface area contributed by atoms with Crippen LogP contribution < -0.4 is 10.9 Å². The minimum atomic E-state index is -1.63. The molecule has 0 saturated carbocycles. The van der Waals surface area contributed by atoms with E-state index in [-0.39, 0.29) is 5.56 Å². The van der Waals surface area contributed by atoms with Crippen LogP contribution in [-0.2, 0) is 6.54 Å². The van der Waals surface area contributed by atoms with Crippen molar-refractivity contribution in [1.82, 2.24) is 4.57 Å². The number of para-hydroxylation sites is 1. The number of pyridine rings is 1. The zero-order chi connectivity index (χ0) is 17.6. The van der Waals surface area contributed by atoms with E-state index >= 15 is 0 Å². The van der Waals surface area contributed by atoms with E-state index in [2.05, 4.69) is 19.6 Å². The molecule has 0 atom stereocenters. The molecule has 0 saturated heterocycles. The Morgan fingerprint density at radius 2 is 1.60 bits per heavy atom. The number of furan rings is 1. The zero-order valence-electron chi connectivity index (χ0n) is 14.7. The molecule has 4 aromatic rings. The summed E-state index contributed by atoms with van der Waals surface area (Å²) in [6, 6.07) is 20.1. The maximum atomic E-state index is 13.2. The Bertz CT molecular complexity index is 1120. The summed E-state index contributed by atoms with van der Waals surface area (Å²) < 4.78 is 8.04. The lowest BCUT2D eigenvalue weighted by Crippen LogP contribution is -2.36. The van der Waals surface area contributed by atoms with E-state index in [1.54, 1.807) is 0 Å². The van der Waals surface area contributed by atoms with Gasteiger partial charge in [-0.05, 0) is 23.8 Å². The Kier molecular flexibility index (Phi) is 3.65. The smallest absolute Gasteiger partial charge is 0.262 e. The van der Waals surface area contributed by atoms with E-state index in [1.165, 1.54) is 0 Å². The first-order valence-corrected chi connectivity index (χ1v) is 12.0. The second kappa shape index (κ2) is 5.74. The van der Waals surface area contributed by atoms with Crippen LogP contribution in [0.15, 0.2) is 69.9 Å². The van der Waals surface area contributed by atoms with Gasteiger partial charge in [0.2, 0.25) is 0 Å². The molecule has 2 heterocycles. The fourth-order valence-electron chi connectivity index (χ4n) is 3.20. The van der Waals surface area contributed by atoms with E-state index in [4.69, 9.17) is 4.42 Å². The van der Waals surface area contributed by atoms with Crippen molar-refractivity contribution in [3.8, 4) is 0 Å². The van der Waals surface area contributed by atoms with Gasteiger partial charge in [-0.25, -0.2) is 0 Å². The minimum Gasteiger partial charge on any atom is -0.465 e. The summed E-state index contributed by atoms with van der Waals surface area (Å²) in [5, 5.41) is 2.66. The SMILES string of the molecule is C[Si](C)(C)c1cc2c(=O)n(Cc3ccccc3)c3ccccc3c2o1. The molecule has 2 aromatic carbocycles. The van der Waals surface area contributed by atoms with E-state index in [1.807, 2.05) is 65.2 Å². The standard InChI is InChI=1S/C21H21NO2Si/c1-25(2,3)19-13-17-20(24-19)16-11-7-8-12-18(16)22(21(17)23)14-15-9-5-4-6-10-15/h4-13H,14H2,1-3H3. The minimum absolute atomic E-state index is 0.0193. The van der Waals surface area contributed by atoms with Crippen molar-refractivity contribution in [3.05, 3.63) is 76.6 Å². The molecule has 0 amide bonds. The van der Waals surface area contributed by atoms with Crippen molar-refractivity contribution in [2.24, 2.45) is 0 Å². The lowest BCUT2D eigenvalue weighted by atomic mass is 10.1. The Morgan fingerprint density at radius 1 is 0.920 bits per heavy atom. The van der Waals surface area contributed by atoms with Crippen LogP contribution in [0.5, 0.6) is 0 Å². The number of rotatable bonds is 3. The fourth-order valence-corrected chi connectivity index (χ4v) is 4.18. The Labute approximate surface area is 147 Å². The van der Waals surface area contributed by atoms with Gasteiger partial charge in [-0.1, -0.05) is 62.1 Å². The highest BCUT2D eigenvalue weighted by molar-refractivity contribution is 6.87. The quantitative estimate of drug-likeness (QED) is 0.517. The maximum Gasteiger partial charge on any atom is 0.262 e. The van der Waals surface area contributed by atoms with Crippen molar-refractivity contribution in [2.75, 3.05) is 0 Å². The number of hydrogen-bond donors (Lipinski definition) is 0. The maximum absolute atomic E-state index is 13.2. The van der Waals surface area contributed by atoms with E-state index in [9.17, 15) is 4.79 Å². The molecule has 0 aliphatic carbocycles. The van der Waals surface area contributed by atoms with Gasteiger partial charge < -0.3 is 8.98 Å². The molecular formula is C21H21NO2Si. The van der Waals surface area contributed by atoms with Gasteiger partial charge in [-0.2, -0.15) is 0 Å². The molecule has 0 spiro atoms. The normalized spacial score (nSPS) is 12.1. The third-order valence-electron chi connectivity index (χ3n) is 4.57. The van der Waals surface area contributed by atoms with Gasteiger partial charge in [0.15, 0.2) is 0 Å². The number of nitrogens with zero attached hydrogens (tertiary/aromatic N) is 1. The van der Waals surface area contributed by atoms with Crippen LogP contribution in [0.1, 0.15) is 5.56 Å². The predicted octanol–water partition coefficient (Wildman–Crippen LogP) is 4.34. The molecule has 0 radical (unpaired) electrons. The second-order valence-corrected chi connectivity index (χ2v) is 12.5. The molecule has 4 rings (SSSR count). The second-order valence-electron chi connectivity index (χ2n) is 7.50. The lowest BCUT2D eigenvalue weighted by molar-refractivity contribution is 0.650. The average Bonchev–Trinajstić information content (AvgIpc) is 3.06. The van der Waals surface area contributed by atoms with Crippen molar-refractivity contribution in [3.63, 3.8) is 0 Å². The van der Waals surface area contributed by atoms with Crippen molar-refractivity contribution in [1.29, 1.82) is 0 Å². The first-order chi connectivity index (χ1) is 11.9. The van der Waals surface area contributed by atoms with Crippen LogP contribution in [0.3, 0.4) is 0 Å². The summed E-state index contributed by atoms with van der Waals surface area (Å²) in [5.74, 6) is 0. The predicted molar refractivity (Wildman–Crippen MR) is 107 cm³/mol. The molecule has 25 heavy (non-hydrogen) atoms. The van der Waals surface area contributed by atoms with Crippen LogP contribution in [0, 0.1) is 0 Å². The summed E-state index contributed by atoms with van der Waals surface area (Å²) in [4.78, 5) is 13.2. The molecule has 0 N–H and O–H groups in total. The number of fused-ring (bicyclic) bond motifs is 3. The summed E-state index contributed by atoms with van der Waals surface area (Å²) in [7, 11) is -1.63. The highest BCUT2D eigenvalue weighted by Crippen LogP contribution is 2.24. The molecule has 0 unspecified atom stereocenters. The molecule has 0 aliphatic rings. The van der Waals surface area contributed by atoms with Crippen LogP contribution >= 0.6 is 0 Å². The van der Waals surface area contributed by atoms with Crippen molar-refractivity contribution >= 4 is 35.3 Å². The summed E-state index contributed by atoms with van der Waals surface area (Å²) in [6.45, 7) is 7.25. The molecule has 0 aliphatic heterocycles. The first kappa shape index (κ1) is 15.9. The Hall–Kier alpha value is -2.59. The molecule has 0 bridgehead atoms. The number of hydrogen-bond acceptors (Lipinski definition) is 2. The van der Waals surface area contributed by atoms with Crippen molar-refractivity contribution in [2.45, 2.75) is 26.2 Å². The van der Waals surface area contributed by atoms with E-state index in [0.29, 0.717) is 11.9 Å². The van der Waals surface area contributed by atoms with E-state index in [0.717, 1.165) is 27.4 Å². The summed E-state index contributed by atoms with van der Waals surface area (Å²) >= 11 is 0. The third-order valence-corrected chi connectivity index (χ3v) is 6.29. The van der Waals surface area contributed by atoms with Crippen molar-refractivity contribution < 1.29 is 4.42 Å². The third kappa shape index (κ3) is 2.72. The Morgan fingerprint density at radius 3 is 2.32 bits per heavy atom. The molecular weight excluding hydrogens is 326 g/mol. The fraction of sp³-hybridized carbons (Fsp3) is 0.190. The zero-order valence-corrected chi connectivity index (χ0v) is 15.7. The Balaban J connectivity index is 2.04. The highest BCUT2D eigenvalue weighted by Gasteiger charge is 2.24. The summed E-state index contributed by atoms with van der Waals surface area (Å²) in [5.41, 5.74) is 2.77. The van der Waals surface area contributed by atoms with E-state index < -0.39 is 8.07 Å². The molecule has 2 aromatic heterocycles. The topological polar surface area (TPSA) is 35.1 Å². The van der Waals surface area contributed by atoms with Crippen LogP contribution in [0.4, 0.5) is 0 Å². The number of benzene rings is 2. The van der Waals surface area contributed by atoms with Crippen LogP contribution in [0.25, 0.3) is 21.9 Å². The van der Waals surface area contributed by atoms with Crippen LogP contribution in [0.2, 0.25) is 19.6 Å². The van der Waals surface area contributed by atoms with Gasteiger partial charge in [-0.15, -0.1) is 0 Å². The van der Waals surface area contributed by atoms with Gasteiger partial charge in [-0.3, -0.25) is 4.79 Å². The molecule has 3 nitrogen and oxygen atoms in total. The van der Waals surface area contributed by atoms with Gasteiger partial charge in [0.25, 0.3) is 5.56 Å². The van der Waals surface area contributed by atoms with Gasteiger partial charge in [0.1, 0.15) is 13.7 Å². The molecule has 126 valence electrons.